The first-order valence-corrected chi connectivity index (χ1v) is 14.3. The van der Waals surface area contributed by atoms with Crippen LogP contribution in [0.5, 0.6) is 0 Å². The number of carbonyl (C=O) groups excluding carboxylic acids is 5. The first kappa shape index (κ1) is 37.2. The van der Waals surface area contributed by atoms with Crippen molar-refractivity contribution in [2.45, 2.75) is 96.8 Å². The van der Waals surface area contributed by atoms with Crippen molar-refractivity contribution in [2.75, 3.05) is 20.8 Å². The van der Waals surface area contributed by atoms with E-state index in [9.17, 15) is 29.1 Å². The summed E-state index contributed by atoms with van der Waals surface area (Å²) in [6.45, 7) is 8.98. The molecule has 0 spiro atoms. The highest BCUT2D eigenvalue weighted by molar-refractivity contribution is 5.90. The van der Waals surface area contributed by atoms with Crippen molar-refractivity contribution in [1.29, 1.82) is 0 Å². The van der Waals surface area contributed by atoms with Crippen molar-refractivity contribution in [3.8, 4) is 0 Å². The van der Waals surface area contributed by atoms with E-state index in [1.807, 2.05) is 0 Å². The molecule has 0 aliphatic carbocycles. The number of alkyl carbamates (subject to hydrolysis) is 2. The average Bonchev–Trinajstić information content (AvgIpc) is 2.96. The Balaban J connectivity index is 2.40. The highest BCUT2D eigenvalue weighted by Gasteiger charge is 2.51. The van der Waals surface area contributed by atoms with Gasteiger partial charge in [-0.3, -0.25) is 14.4 Å². The fraction of sp³-hybridized carbons (Fsp3) is 0.633. The Labute approximate surface area is 262 Å². The minimum Gasteiger partial charge on any atom is -0.469 e. The third-order valence-corrected chi connectivity index (χ3v) is 6.39. The van der Waals surface area contributed by atoms with Crippen LogP contribution < -0.4 is 16.0 Å². The third kappa shape index (κ3) is 11.8. The number of aliphatic hydroxyl groups is 1. The molecule has 1 aromatic carbocycles. The van der Waals surface area contributed by atoms with Crippen LogP contribution in [0, 0.1) is 5.41 Å². The molecule has 0 bridgehead atoms. The second-order valence-electron chi connectivity index (χ2n) is 12.3. The maximum absolute atomic E-state index is 13.6. The summed E-state index contributed by atoms with van der Waals surface area (Å²) in [5.41, 5.74) is -1.22. The van der Waals surface area contributed by atoms with Crippen LogP contribution in [0.1, 0.15) is 53.5 Å². The van der Waals surface area contributed by atoms with E-state index in [1.165, 1.54) is 7.11 Å². The van der Waals surface area contributed by atoms with Crippen LogP contribution in [0.25, 0.3) is 0 Å². The second kappa shape index (κ2) is 16.4. The highest BCUT2D eigenvalue weighted by Crippen LogP contribution is 2.28. The number of ether oxygens (including phenoxy) is 6. The summed E-state index contributed by atoms with van der Waals surface area (Å²) in [5, 5.41) is 17.7. The van der Waals surface area contributed by atoms with Crippen molar-refractivity contribution >= 4 is 30.0 Å². The Bertz CT molecular complexity index is 1160. The Kier molecular flexibility index (Phi) is 13.6. The number of carbonyl (C=O) groups is 5. The first-order chi connectivity index (χ1) is 21.0. The van der Waals surface area contributed by atoms with Gasteiger partial charge in [0.05, 0.1) is 31.6 Å². The average molecular weight is 640 g/mol. The summed E-state index contributed by atoms with van der Waals surface area (Å²) < 4.78 is 32.3. The summed E-state index contributed by atoms with van der Waals surface area (Å²) in [4.78, 5) is 64.3. The molecule has 15 heteroatoms. The van der Waals surface area contributed by atoms with Gasteiger partial charge in [0.15, 0.2) is 6.29 Å². The van der Waals surface area contributed by atoms with Crippen LogP contribution in [0.15, 0.2) is 30.3 Å². The number of hydrogen-bond acceptors (Lipinski definition) is 12. The van der Waals surface area contributed by atoms with Crippen molar-refractivity contribution < 1.29 is 57.5 Å². The van der Waals surface area contributed by atoms with E-state index in [4.69, 9.17) is 28.4 Å². The summed E-state index contributed by atoms with van der Waals surface area (Å²) in [6, 6.07) is 4.71. The van der Waals surface area contributed by atoms with E-state index in [0.717, 1.165) is 7.11 Å². The fourth-order valence-corrected chi connectivity index (χ4v) is 4.14. The third-order valence-electron chi connectivity index (χ3n) is 6.39. The van der Waals surface area contributed by atoms with Crippen molar-refractivity contribution in [1.82, 2.24) is 16.0 Å². The topological polar surface area (TPSA) is 197 Å². The Morgan fingerprint density at radius 2 is 1.58 bits per heavy atom. The van der Waals surface area contributed by atoms with Crippen molar-refractivity contribution in [3.05, 3.63) is 35.9 Å². The molecule has 0 unspecified atom stereocenters. The van der Waals surface area contributed by atoms with E-state index >= 15 is 0 Å². The van der Waals surface area contributed by atoms with Gasteiger partial charge in [0.2, 0.25) is 5.91 Å². The SMILES string of the molecule is COC(=O)C[C@H](NC(=O)OCc1ccccc1)C(=O)N[C@H]1[C@H](OC(=O)C(C)(C)C)[C@@H](NC(=O)OC(C)(C)C)[C@@H](OC)O[C@@H]1CO. The zero-order valence-electron chi connectivity index (χ0n) is 26.9. The lowest BCUT2D eigenvalue weighted by atomic mass is 9.92. The quantitative estimate of drug-likeness (QED) is 0.202. The Morgan fingerprint density at radius 1 is 0.933 bits per heavy atom. The molecule has 1 fully saturated rings. The molecule has 45 heavy (non-hydrogen) atoms. The number of aliphatic hydroxyl groups excluding tert-OH is 1. The van der Waals surface area contributed by atoms with Gasteiger partial charge in [-0.1, -0.05) is 30.3 Å². The number of rotatable bonds is 11. The predicted octanol–water partition coefficient (Wildman–Crippen LogP) is 1.54. The van der Waals surface area contributed by atoms with Crippen LogP contribution >= 0.6 is 0 Å². The molecular formula is C30H45N3O12. The molecule has 1 saturated heterocycles. The van der Waals surface area contributed by atoms with Gasteiger partial charge in [0, 0.05) is 7.11 Å². The van der Waals surface area contributed by atoms with Gasteiger partial charge in [0.1, 0.15) is 36.5 Å². The molecule has 6 atom stereocenters. The normalized spacial score (nSPS) is 22.3. The largest absolute Gasteiger partial charge is 0.469 e. The molecule has 0 radical (unpaired) electrons. The van der Waals surface area contributed by atoms with Crippen LogP contribution in [0.4, 0.5) is 9.59 Å². The molecule has 0 aromatic heterocycles. The lowest BCUT2D eigenvalue weighted by Crippen LogP contribution is -2.71. The smallest absolute Gasteiger partial charge is 0.408 e. The van der Waals surface area contributed by atoms with E-state index in [0.29, 0.717) is 5.56 Å². The molecular weight excluding hydrogens is 594 g/mol. The van der Waals surface area contributed by atoms with E-state index < -0.39 is 90.7 Å². The number of benzene rings is 1. The van der Waals surface area contributed by atoms with Crippen LogP contribution in [0.2, 0.25) is 0 Å². The Hall–Kier alpha value is -3.95. The summed E-state index contributed by atoms with van der Waals surface area (Å²) >= 11 is 0. The van der Waals surface area contributed by atoms with Crippen LogP contribution in [-0.2, 0) is 49.4 Å². The van der Waals surface area contributed by atoms with Crippen molar-refractivity contribution in [3.63, 3.8) is 0 Å². The van der Waals surface area contributed by atoms with E-state index in [-0.39, 0.29) is 6.61 Å². The maximum Gasteiger partial charge on any atom is 0.408 e. The minimum atomic E-state index is -1.52. The maximum atomic E-state index is 13.6. The predicted molar refractivity (Wildman–Crippen MR) is 157 cm³/mol. The fourth-order valence-electron chi connectivity index (χ4n) is 4.14. The van der Waals surface area contributed by atoms with Crippen LogP contribution in [0.3, 0.4) is 0 Å². The molecule has 2 rings (SSSR count). The van der Waals surface area contributed by atoms with Gasteiger partial charge >= 0.3 is 24.1 Å². The minimum absolute atomic E-state index is 0.108. The molecule has 3 amide bonds. The molecule has 1 aromatic rings. The lowest BCUT2D eigenvalue weighted by Gasteiger charge is -2.46. The number of nitrogens with one attached hydrogen (secondary N) is 3. The van der Waals surface area contributed by atoms with Gasteiger partial charge in [-0.25, -0.2) is 9.59 Å². The van der Waals surface area contributed by atoms with Gasteiger partial charge < -0.3 is 49.5 Å². The molecule has 15 nitrogen and oxygen atoms in total. The number of methoxy groups -OCH3 is 2. The van der Waals surface area contributed by atoms with E-state index in [2.05, 4.69) is 16.0 Å². The van der Waals surface area contributed by atoms with E-state index in [1.54, 1.807) is 71.9 Å². The molecule has 252 valence electrons. The highest BCUT2D eigenvalue weighted by atomic mass is 16.7. The van der Waals surface area contributed by atoms with Crippen molar-refractivity contribution in [2.24, 2.45) is 5.41 Å². The van der Waals surface area contributed by atoms with Gasteiger partial charge in [-0.15, -0.1) is 0 Å². The summed E-state index contributed by atoms with van der Waals surface area (Å²) in [5.74, 6) is -2.45. The number of amides is 3. The summed E-state index contributed by atoms with van der Waals surface area (Å²) in [6.07, 6.45) is -6.34. The first-order valence-electron chi connectivity index (χ1n) is 14.3. The van der Waals surface area contributed by atoms with Crippen LogP contribution in [-0.4, -0.2) is 98.2 Å². The number of esters is 2. The molecule has 1 aliphatic rings. The number of hydrogen-bond donors (Lipinski definition) is 4. The molecule has 1 aliphatic heterocycles. The van der Waals surface area contributed by atoms with Gasteiger partial charge in [-0.2, -0.15) is 0 Å². The standard InChI is InChI=1S/C30H45N3O12/c1-29(2,3)26(37)44-23-21(19(15-34)43-25(41-8)22(23)33-28(39)45-30(4,5)6)32-24(36)18(14-20(35)40-7)31-27(38)42-16-17-12-10-9-11-13-17/h9-13,18-19,21-23,25,34H,14-16H2,1-8H3,(H,31,38)(H,32,36)(H,33,39)/t18-,19+,21+,22+,23-,25-/m0/s1. The summed E-state index contributed by atoms with van der Waals surface area (Å²) in [7, 11) is 2.39. The molecule has 0 saturated carbocycles. The zero-order chi connectivity index (χ0) is 33.9. The second-order valence-corrected chi connectivity index (χ2v) is 12.3. The van der Waals surface area contributed by atoms with Gasteiger partial charge in [0.25, 0.3) is 0 Å². The molecule has 4 N–H and O–H groups in total. The molecule has 1 heterocycles. The lowest BCUT2D eigenvalue weighted by molar-refractivity contribution is -0.243. The van der Waals surface area contributed by atoms with Gasteiger partial charge in [-0.05, 0) is 47.1 Å². The monoisotopic (exact) mass is 639 g/mol. The Morgan fingerprint density at radius 3 is 2.11 bits per heavy atom. The zero-order valence-corrected chi connectivity index (χ0v) is 26.9.